The summed E-state index contributed by atoms with van der Waals surface area (Å²) in [5.74, 6) is -7.19. The minimum absolute atomic E-state index is 0.0281. The van der Waals surface area contributed by atoms with E-state index in [0.29, 0.717) is 11.8 Å². The van der Waals surface area contributed by atoms with Gasteiger partial charge in [-0.2, -0.15) is 0 Å². The molecular weight excluding hydrogens is 420 g/mol. The Kier molecular flexibility index (Phi) is 4.76. The minimum Gasteiger partial charge on any atom is -0.508 e. The maximum absolute atomic E-state index is 13.6. The number of aliphatic hydroxyl groups is 3. The molecule has 4 rings (SSSR count). The van der Waals surface area contributed by atoms with Gasteiger partial charge in [-0.1, -0.05) is 0 Å². The standard InChI is InChI=1S/C22H22N2O8/c1-24(2)16-11-6-9-5-10-8(7-25)3-4-12(26)14(10)17(27)13(9)19(29)22(11,32)20(30)15(18(16)28)21(23)31/h3-4,7,9,11,16,26-27,30,32H,5-6H2,1-2H3,(H2,23,31)/t9-,11-,16+,22-/m0/s1. The number of carbonyl (C=O) groups is 4. The summed E-state index contributed by atoms with van der Waals surface area (Å²) in [6, 6.07) is 1.44. The van der Waals surface area contributed by atoms with Crippen molar-refractivity contribution in [1.29, 1.82) is 0 Å². The smallest absolute Gasteiger partial charge is 0.255 e. The lowest BCUT2D eigenvalue weighted by molar-refractivity contribution is -0.153. The summed E-state index contributed by atoms with van der Waals surface area (Å²) >= 11 is 0. The SMILES string of the molecule is CN(C)[C@H]1C(=O)C(C(N)=O)=C(O)[C@@]2(O)C(=O)C3=C(O)c4c(O)ccc(C=O)c4C[C@H]3C[C@@H]12. The van der Waals surface area contributed by atoms with Crippen LogP contribution < -0.4 is 5.73 Å². The second-order valence-electron chi connectivity index (χ2n) is 8.61. The van der Waals surface area contributed by atoms with Gasteiger partial charge in [0.2, 0.25) is 5.78 Å². The number of aromatic hydroxyl groups is 1. The molecule has 1 aromatic carbocycles. The Morgan fingerprint density at radius 2 is 1.88 bits per heavy atom. The van der Waals surface area contributed by atoms with E-state index in [4.69, 9.17) is 5.73 Å². The second kappa shape index (κ2) is 7.01. The maximum Gasteiger partial charge on any atom is 0.255 e. The molecule has 3 aliphatic rings. The van der Waals surface area contributed by atoms with Crippen LogP contribution in [0.2, 0.25) is 0 Å². The first-order chi connectivity index (χ1) is 15.0. The molecule has 1 amide bonds. The zero-order valence-electron chi connectivity index (χ0n) is 17.3. The molecule has 1 saturated carbocycles. The third-order valence-electron chi connectivity index (χ3n) is 6.77. The van der Waals surface area contributed by atoms with Crippen molar-refractivity contribution in [3.63, 3.8) is 0 Å². The number of rotatable bonds is 3. The van der Waals surface area contributed by atoms with E-state index in [1.54, 1.807) is 0 Å². The van der Waals surface area contributed by atoms with E-state index in [1.165, 1.54) is 31.1 Å². The zero-order chi connectivity index (χ0) is 23.7. The van der Waals surface area contributed by atoms with E-state index < -0.39 is 58.0 Å². The van der Waals surface area contributed by atoms with Gasteiger partial charge >= 0.3 is 0 Å². The topological polar surface area (TPSA) is 178 Å². The van der Waals surface area contributed by atoms with Crippen LogP contribution in [0.3, 0.4) is 0 Å². The Labute approximate surface area is 182 Å². The number of primary amides is 1. The van der Waals surface area contributed by atoms with Crippen molar-refractivity contribution < 1.29 is 39.6 Å². The number of aldehydes is 1. The number of benzene rings is 1. The number of fused-ring (bicyclic) bond motifs is 3. The first-order valence-corrected chi connectivity index (χ1v) is 9.91. The van der Waals surface area contributed by atoms with E-state index in [-0.39, 0.29) is 35.3 Å². The number of Topliss-reactive ketones (excluding diaryl/α,β-unsaturated/α-hetero) is 2. The number of hydrogen-bond acceptors (Lipinski definition) is 9. The van der Waals surface area contributed by atoms with Gasteiger partial charge in [0.05, 0.1) is 11.6 Å². The predicted molar refractivity (Wildman–Crippen MR) is 110 cm³/mol. The Bertz CT molecular complexity index is 1160. The molecule has 0 aromatic heterocycles. The molecule has 168 valence electrons. The van der Waals surface area contributed by atoms with Crippen LogP contribution in [0.15, 0.2) is 29.0 Å². The van der Waals surface area contributed by atoms with Crippen LogP contribution in [0, 0.1) is 11.8 Å². The molecular formula is C22H22N2O8. The van der Waals surface area contributed by atoms with Crippen molar-refractivity contribution in [2.75, 3.05) is 14.1 Å². The molecule has 0 spiro atoms. The molecule has 0 heterocycles. The number of carbonyl (C=O) groups excluding carboxylic acids is 4. The number of ketones is 2. The summed E-state index contributed by atoms with van der Waals surface area (Å²) in [7, 11) is 3.05. The normalized spacial score (nSPS) is 29.6. The van der Waals surface area contributed by atoms with Crippen molar-refractivity contribution in [3.8, 4) is 5.75 Å². The maximum atomic E-state index is 13.6. The molecule has 32 heavy (non-hydrogen) atoms. The number of hydrogen-bond donors (Lipinski definition) is 5. The first-order valence-electron chi connectivity index (χ1n) is 9.91. The third kappa shape index (κ3) is 2.59. The molecule has 3 aliphatic carbocycles. The Morgan fingerprint density at radius 1 is 1.22 bits per heavy atom. The Hall–Kier alpha value is -3.50. The zero-order valence-corrected chi connectivity index (χ0v) is 17.3. The largest absolute Gasteiger partial charge is 0.508 e. The quantitative estimate of drug-likeness (QED) is 0.312. The van der Waals surface area contributed by atoms with E-state index in [1.807, 2.05) is 0 Å². The molecule has 1 aromatic rings. The molecule has 0 unspecified atom stereocenters. The number of aliphatic hydroxyl groups excluding tert-OH is 2. The fourth-order valence-corrected chi connectivity index (χ4v) is 5.38. The fourth-order valence-electron chi connectivity index (χ4n) is 5.38. The number of amides is 1. The summed E-state index contributed by atoms with van der Waals surface area (Å²) in [5.41, 5.74) is 1.92. The lowest BCUT2D eigenvalue weighted by Gasteiger charge is -2.50. The number of nitrogens with zero attached hydrogens (tertiary/aromatic N) is 1. The van der Waals surface area contributed by atoms with Gasteiger partial charge in [-0.15, -0.1) is 0 Å². The average molecular weight is 442 g/mol. The van der Waals surface area contributed by atoms with Gasteiger partial charge in [0, 0.05) is 17.1 Å². The Morgan fingerprint density at radius 3 is 2.44 bits per heavy atom. The van der Waals surface area contributed by atoms with Gasteiger partial charge in [-0.25, -0.2) is 0 Å². The van der Waals surface area contributed by atoms with E-state index in [9.17, 15) is 39.6 Å². The summed E-state index contributed by atoms with van der Waals surface area (Å²) in [6.45, 7) is 0. The second-order valence-corrected chi connectivity index (χ2v) is 8.61. The number of nitrogens with two attached hydrogens (primary N) is 1. The number of likely N-dealkylation sites (N-methyl/N-ethyl adjacent to an activating group) is 1. The van der Waals surface area contributed by atoms with Gasteiger partial charge in [-0.05, 0) is 50.6 Å². The fraction of sp³-hybridized carbons (Fsp3) is 0.364. The van der Waals surface area contributed by atoms with Crippen molar-refractivity contribution >= 4 is 29.5 Å². The molecule has 0 bridgehead atoms. The van der Waals surface area contributed by atoms with Gasteiger partial charge < -0.3 is 26.2 Å². The third-order valence-corrected chi connectivity index (χ3v) is 6.77. The van der Waals surface area contributed by atoms with E-state index >= 15 is 0 Å². The Balaban J connectivity index is 2.00. The molecule has 0 aliphatic heterocycles. The van der Waals surface area contributed by atoms with Crippen LogP contribution in [-0.4, -0.2) is 74.8 Å². The lowest BCUT2D eigenvalue weighted by atomic mass is 9.57. The molecule has 4 atom stereocenters. The van der Waals surface area contributed by atoms with E-state index in [0.717, 1.165) is 0 Å². The highest BCUT2D eigenvalue weighted by molar-refractivity contribution is 6.24. The predicted octanol–water partition coefficient (Wildman–Crippen LogP) is -0.223. The van der Waals surface area contributed by atoms with Crippen LogP contribution in [0.5, 0.6) is 5.75 Å². The van der Waals surface area contributed by atoms with Crippen molar-refractivity contribution in [1.82, 2.24) is 4.90 Å². The van der Waals surface area contributed by atoms with Crippen LogP contribution in [0.4, 0.5) is 0 Å². The van der Waals surface area contributed by atoms with E-state index in [2.05, 4.69) is 0 Å². The number of phenols is 1. The average Bonchev–Trinajstić information content (AvgIpc) is 2.70. The van der Waals surface area contributed by atoms with Crippen LogP contribution in [0.1, 0.15) is 27.9 Å². The van der Waals surface area contributed by atoms with Crippen molar-refractivity contribution in [2.24, 2.45) is 17.6 Å². The highest BCUT2D eigenvalue weighted by Crippen LogP contribution is 2.52. The molecule has 0 saturated heterocycles. The summed E-state index contributed by atoms with van der Waals surface area (Å²) in [4.78, 5) is 51.4. The highest BCUT2D eigenvalue weighted by Gasteiger charge is 2.64. The van der Waals surface area contributed by atoms with Gasteiger partial charge in [0.1, 0.15) is 29.1 Å². The van der Waals surface area contributed by atoms with Crippen LogP contribution >= 0.6 is 0 Å². The number of phenolic OH excluding ortho intramolecular Hbond substituents is 1. The summed E-state index contributed by atoms with van der Waals surface area (Å²) in [5, 5.41) is 43.4. The molecule has 6 N–H and O–H groups in total. The first kappa shape index (κ1) is 21.7. The van der Waals surface area contributed by atoms with Crippen LogP contribution in [-0.2, 0) is 20.8 Å². The molecule has 0 radical (unpaired) electrons. The van der Waals surface area contributed by atoms with Gasteiger partial charge in [-0.3, -0.25) is 24.1 Å². The minimum atomic E-state index is -2.68. The highest BCUT2D eigenvalue weighted by atomic mass is 16.3. The molecule has 10 heteroatoms. The summed E-state index contributed by atoms with van der Waals surface area (Å²) < 4.78 is 0. The monoisotopic (exact) mass is 442 g/mol. The van der Waals surface area contributed by atoms with Crippen molar-refractivity contribution in [3.05, 3.63) is 45.7 Å². The van der Waals surface area contributed by atoms with Crippen LogP contribution in [0.25, 0.3) is 5.76 Å². The lowest BCUT2D eigenvalue weighted by Crippen LogP contribution is -2.65. The van der Waals surface area contributed by atoms with Crippen molar-refractivity contribution in [2.45, 2.75) is 24.5 Å². The van der Waals surface area contributed by atoms with Gasteiger partial charge in [0.25, 0.3) is 5.91 Å². The van der Waals surface area contributed by atoms with Gasteiger partial charge in [0.15, 0.2) is 11.4 Å². The summed E-state index contributed by atoms with van der Waals surface area (Å²) in [6.07, 6.45) is 0.620. The molecule has 1 fully saturated rings. The molecule has 10 nitrogen and oxygen atoms in total.